The Kier molecular flexibility index (Phi) is 8.05. The van der Waals surface area contributed by atoms with Crippen molar-refractivity contribution in [3.63, 3.8) is 0 Å². The normalized spacial score (nSPS) is 14.2. The molecule has 0 N–H and O–H groups in total. The van der Waals surface area contributed by atoms with E-state index >= 15 is 0 Å². The van der Waals surface area contributed by atoms with Gasteiger partial charge in [-0.2, -0.15) is 0 Å². The molecule has 36 heavy (non-hydrogen) atoms. The lowest BCUT2D eigenvalue weighted by atomic mass is 9.90. The monoisotopic (exact) mass is 491 g/mol. The van der Waals surface area contributed by atoms with Crippen LogP contribution < -0.4 is 15.0 Å². The Balaban J connectivity index is 1.67. The molecule has 0 aliphatic heterocycles. The van der Waals surface area contributed by atoms with Crippen molar-refractivity contribution < 1.29 is 19.0 Å². The molecule has 1 aromatic carbocycles. The van der Waals surface area contributed by atoms with Gasteiger partial charge in [-0.05, 0) is 62.2 Å². The van der Waals surface area contributed by atoms with Crippen LogP contribution in [-0.2, 0) is 11.2 Å². The molecule has 190 valence electrons. The van der Waals surface area contributed by atoms with Crippen LogP contribution in [-0.4, -0.2) is 60.7 Å². The molecule has 0 saturated heterocycles. The number of benzene rings is 1. The number of pyridine rings is 1. The minimum atomic E-state index is -0.445. The summed E-state index contributed by atoms with van der Waals surface area (Å²) < 4.78 is 17.9. The van der Waals surface area contributed by atoms with Crippen LogP contribution in [0.2, 0.25) is 0 Å². The van der Waals surface area contributed by atoms with Crippen LogP contribution in [0.4, 0.5) is 0 Å². The summed E-state index contributed by atoms with van der Waals surface area (Å²) in [6, 6.07) is 9.06. The first-order chi connectivity index (χ1) is 17.5. The highest BCUT2D eigenvalue weighted by molar-refractivity contribution is 5.89. The predicted molar refractivity (Wildman–Crippen MR) is 140 cm³/mol. The van der Waals surface area contributed by atoms with Gasteiger partial charge < -0.3 is 19.1 Å². The summed E-state index contributed by atoms with van der Waals surface area (Å²) in [5.74, 6) is 0.839. The van der Waals surface area contributed by atoms with E-state index in [4.69, 9.17) is 19.2 Å². The Morgan fingerprint density at radius 3 is 2.64 bits per heavy atom. The fraction of sp³-hybridized carbons (Fsp3) is 0.393. The molecule has 1 aliphatic rings. The zero-order valence-corrected chi connectivity index (χ0v) is 21.4. The van der Waals surface area contributed by atoms with Gasteiger partial charge >= 0.3 is 5.97 Å². The molecule has 2 heterocycles. The second-order valence-corrected chi connectivity index (χ2v) is 8.66. The maximum absolute atomic E-state index is 13.4. The highest BCUT2D eigenvalue weighted by Gasteiger charge is 2.22. The molecule has 2 aromatic heterocycles. The standard InChI is InChI=1S/C28H33N3O5/c1-5-30(6-2)15-16-36-28(33)21-13-14-24-29-25-19(9-7-11-22(25)27(32)31(24)18-21)17-20-10-8-12-23(34-3)26(20)35-4/h8,10,12-14,17-18H,5-7,9,11,15-16H2,1-4H3. The van der Waals surface area contributed by atoms with Gasteiger partial charge in [0.15, 0.2) is 11.5 Å². The van der Waals surface area contributed by atoms with E-state index in [1.807, 2.05) is 24.3 Å². The lowest BCUT2D eigenvalue weighted by Gasteiger charge is -2.19. The molecule has 0 fully saturated rings. The Morgan fingerprint density at radius 2 is 1.92 bits per heavy atom. The number of carbonyl (C=O) groups is 1. The van der Waals surface area contributed by atoms with Crippen LogP contribution in [0.1, 0.15) is 53.9 Å². The van der Waals surface area contributed by atoms with Gasteiger partial charge in [-0.25, -0.2) is 9.78 Å². The van der Waals surface area contributed by atoms with Crippen LogP contribution >= 0.6 is 0 Å². The van der Waals surface area contributed by atoms with E-state index in [2.05, 4.69) is 18.7 Å². The number of hydrogen-bond acceptors (Lipinski definition) is 7. The molecule has 8 heteroatoms. The fourth-order valence-electron chi connectivity index (χ4n) is 4.61. The minimum Gasteiger partial charge on any atom is -0.493 e. The second-order valence-electron chi connectivity index (χ2n) is 8.66. The van der Waals surface area contributed by atoms with Gasteiger partial charge in [0.25, 0.3) is 5.56 Å². The van der Waals surface area contributed by atoms with Crippen LogP contribution in [0.25, 0.3) is 17.3 Å². The van der Waals surface area contributed by atoms with E-state index in [1.165, 1.54) is 10.6 Å². The zero-order chi connectivity index (χ0) is 25.7. The van der Waals surface area contributed by atoms with Crippen molar-refractivity contribution in [3.05, 3.63) is 69.3 Å². The van der Waals surface area contributed by atoms with Crippen LogP contribution in [0.15, 0.2) is 41.3 Å². The molecular formula is C28H33N3O5. The van der Waals surface area contributed by atoms with Gasteiger partial charge in [0.2, 0.25) is 0 Å². The number of allylic oxidation sites excluding steroid dienone is 1. The van der Waals surface area contributed by atoms with E-state index in [1.54, 1.807) is 26.4 Å². The maximum atomic E-state index is 13.4. The van der Waals surface area contributed by atoms with E-state index < -0.39 is 5.97 Å². The van der Waals surface area contributed by atoms with Crippen molar-refractivity contribution in [2.24, 2.45) is 0 Å². The largest absolute Gasteiger partial charge is 0.493 e. The molecule has 0 saturated carbocycles. The van der Waals surface area contributed by atoms with Crippen LogP contribution in [0.3, 0.4) is 0 Å². The average Bonchev–Trinajstić information content (AvgIpc) is 2.91. The molecular weight excluding hydrogens is 458 g/mol. The number of esters is 1. The third kappa shape index (κ3) is 5.14. The summed E-state index contributed by atoms with van der Waals surface area (Å²) >= 11 is 0. The van der Waals surface area contributed by atoms with E-state index in [9.17, 15) is 9.59 Å². The molecule has 0 atom stereocenters. The highest BCUT2D eigenvalue weighted by atomic mass is 16.5. The van der Waals surface area contributed by atoms with Crippen molar-refractivity contribution in [1.82, 2.24) is 14.3 Å². The van der Waals surface area contributed by atoms with E-state index in [0.29, 0.717) is 53.5 Å². The van der Waals surface area contributed by atoms with Gasteiger partial charge in [-0.3, -0.25) is 9.20 Å². The van der Waals surface area contributed by atoms with Gasteiger partial charge in [0, 0.05) is 23.9 Å². The summed E-state index contributed by atoms with van der Waals surface area (Å²) in [6.07, 6.45) is 5.82. The van der Waals surface area contributed by atoms with Crippen molar-refractivity contribution in [2.75, 3.05) is 40.5 Å². The average molecular weight is 492 g/mol. The third-order valence-corrected chi connectivity index (χ3v) is 6.63. The first kappa shape index (κ1) is 25.4. The fourth-order valence-corrected chi connectivity index (χ4v) is 4.61. The third-order valence-electron chi connectivity index (χ3n) is 6.63. The highest BCUT2D eigenvalue weighted by Crippen LogP contribution is 2.36. The molecule has 0 radical (unpaired) electrons. The van der Waals surface area contributed by atoms with Crippen LogP contribution in [0, 0.1) is 0 Å². The number of fused-ring (bicyclic) bond motifs is 2. The Hall–Kier alpha value is -3.65. The number of ether oxygens (including phenoxy) is 3. The summed E-state index contributed by atoms with van der Waals surface area (Å²) in [5.41, 5.74) is 3.86. The maximum Gasteiger partial charge on any atom is 0.339 e. The number of likely N-dealkylation sites (N-methyl/N-ethyl adjacent to an activating group) is 1. The molecule has 0 amide bonds. The van der Waals surface area contributed by atoms with Gasteiger partial charge in [0.1, 0.15) is 12.3 Å². The van der Waals surface area contributed by atoms with Crippen molar-refractivity contribution in [3.8, 4) is 11.5 Å². The lowest BCUT2D eigenvalue weighted by molar-refractivity contribution is 0.0466. The van der Waals surface area contributed by atoms with E-state index in [0.717, 1.165) is 37.1 Å². The summed E-state index contributed by atoms with van der Waals surface area (Å²) in [6.45, 7) is 6.92. The number of carbonyl (C=O) groups excluding carboxylic acids is 1. The summed E-state index contributed by atoms with van der Waals surface area (Å²) in [4.78, 5) is 33.1. The second kappa shape index (κ2) is 11.4. The van der Waals surface area contributed by atoms with Crippen molar-refractivity contribution in [1.29, 1.82) is 0 Å². The number of aromatic nitrogens is 2. The number of para-hydroxylation sites is 1. The summed E-state index contributed by atoms with van der Waals surface area (Å²) in [5, 5.41) is 0. The molecule has 4 rings (SSSR count). The number of rotatable bonds is 9. The Bertz CT molecular complexity index is 1340. The first-order valence-electron chi connectivity index (χ1n) is 12.4. The predicted octanol–water partition coefficient (Wildman–Crippen LogP) is 4.09. The number of methoxy groups -OCH3 is 2. The smallest absolute Gasteiger partial charge is 0.339 e. The van der Waals surface area contributed by atoms with Gasteiger partial charge in [-0.1, -0.05) is 26.0 Å². The summed E-state index contributed by atoms with van der Waals surface area (Å²) in [7, 11) is 3.22. The van der Waals surface area contributed by atoms with Gasteiger partial charge in [-0.15, -0.1) is 0 Å². The first-order valence-corrected chi connectivity index (χ1v) is 12.4. The van der Waals surface area contributed by atoms with Crippen LogP contribution in [0.5, 0.6) is 11.5 Å². The van der Waals surface area contributed by atoms with Crippen molar-refractivity contribution >= 4 is 23.3 Å². The quantitative estimate of drug-likeness (QED) is 0.417. The van der Waals surface area contributed by atoms with Gasteiger partial charge in [0.05, 0.1) is 25.5 Å². The molecule has 1 aliphatic carbocycles. The molecule has 0 spiro atoms. The minimum absolute atomic E-state index is 0.156. The molecule has 8 nitrogen and oxygen atoms in total. The lowest BCUT2D eigenvalue weighted by Crippen LogP contribution is -2.28. The Morgan fingerprint density at radius 1 is 1.11 bits per heavy atom. The number of nitrogens with zero attached hydrogens (tertiary/aromatic N) is 3. The topological polar surface area (TPSA) is 82.4 Å². The number of hydrogen-bond donors (Lipinski definition) is 0. The zero-order valence-electron chi connectivity index (χ0n) is 21.4. The Labute approximate surface area is 211 Å². The molecule has 3 aromatic rings. The molecule has 0 bridgehead atoms. The molecule has 0 unspecified atom stereocenters. The van der Waals surface area contributed by atoms with E-state index in [-0.39, 0.29) is 5.56 Å². The SMILES string of the molecule is CCN(CC)CCOC(=O)c1ccc2nc3c(c(=O)n2c1)CCCC3=Cc1cccc(OC)c1OC. The van der Waals surface area contributed by atoms with Crippen molar-refractivity contribution in [2.45, 2.75) is 33.1 Å².